The Morgan fingerprint density at radius 1 is 0.870 bits per heavy atom. The van der Waals surface area contributed by atoms with Gasteiger partial charge in [0.1, 0.15) is 0 Å². The summed E-state index contributed by atoms with van der Waals surface area (Å²) < 4.78 is 0. The highest BCUT2D eigenvalue weighted by Gasteiger charge is 2.36. The van der Waals surface area contributed by atoms with Gasteiger partial charge in [-0.3, -0.25) is 35.1 Å². The highest BCUT2D eigenvalue weighted by molar-refractivity contribution is 5.99. The maximum atomic E-state index is 12.1. The second kappa shape index (κ2) is 6.34. The van der Waals surface area contributed by atoms with Gasteiger partial charge in [0.25, 0.3) is 5.69 Å². The first-order chi connectivity index (χ1) is 10.8. The van der Waals surface area contributed by atoms with E-state index in [1.807, 2.05) is 0 Å². The molecule has 1 amide bonds. The first-order valence-electron chi connectivity index (χ1n) is 6.74. The van der Waals surface area contributed by atoms with E-state index < -0.39 is 43.4 Å². The average molecular weight is 324 g/mol. The molecule has 0 N–H and O–H groups in total. The van der Waals surface area contributed by atoms with Gasteiger partial charge in [-0.15, -0.1) is 0 Å². The molecule has 1 aromatic rings. The predicted molar refractivity (Wildman–Crippen MR) is 77.2 cm³/mol. The molecule has 11 nitrogen and oxygen atoms in total. The van der Waals surface area contributed by atoms with Gasteiger partial charge in [0.05, 0.1) is 26.9 Å². The molecule has 0 bridgehead atoms. The van der Waals surface area contributed by atoms with Crippen LogP contribution in [0.4, 0.5) is 22.7 Å². The molecule has 0 aromatic heterocycles. The SMILES string of the molecule is O=C1CCCCCN1c1c([N+](=O)[O-])cc([N+](=O)[O-])cc1[N+](=O)[O-]. The quantitative estimate of drug-likeness (QED) is 0.609. The van der Waals surface area contributed by atoms with E-state index >= 15 is 0 Å². The lowest BCUT2D eigenvalue weighted by Crippen LogP contribution is -2.31. The highest BCUT2D eigenvalue weighted by atomic mass is 16.6. The van der Waals surface area contributed by atoms with Gasteiger partial charge >= 0.3 is 11.4 Å². The normalized spacial score (nSPS) is 15.1. The van der Waals surface area contributed by atoms with Crippen molar-refractivity contribution in [3.63, 3.8) is 0 Å². The molecule has 122 valence electrons. The Hall–Kier alpha value is -3.11. The molecule has 0 aliphatic carbocycles. The molecule has 0 saturated carbocycles. The van der Waals surface area contributed by atoms with Crippen LogP contribution >= 0.6 is 0 Å². The molecule has 0 atom stereocenters. The lowest BCUT2D eigenvalue weighted by Gasteiger charge is -2.20. The number of carbonyl (C=O) groups excluding carboxylic acids is 1. The molecule has 1 aliphatic heterocycles. The second-order valence-corrected chi connectivity index (χ2v) is 4.96. The summed E-state index contributed by atoms with van der Waals surface area (Å²) in [4.78, 5) is 43.6. The second-order valence-electron chi connectivity index (χ2n) is 4.96. The maximum absolute atomic E-state index is 12.1. The summed E-state index contributed by atoms with van der Waals surface area (Å²) in [5, 5.41) is 33.3. The predicted octanol–water partition coefficient (Wildman–Crippen LogP) is 2.32. The standard InChI is InChI=1S/C12H12N4O7/c17-11-4-2-1-3-5-13(11)12-9(15(20)21)6-8(14(18)19)7-10(12)16(22)23/h6-7H,1-5H2. The highest BCUT2D eigenvalue weighted by Crippen LogP contribution is 2.41. The molecule has 2 rings (SSSR count). The van der Waals surface area contributed by atoms with Crippen molar-refractivity contribution in [1.29, 1.82) is 0 Å². The van der Waals surface area contributed by atoms with Gasteiger partial charge in [0.15, 0.2) is 0 Å². The number of nitrogens with zero attached hydrogens (tertiary/aromatic N) is 4. The van der Waals surface area contributed by atoms with Crippen molar-refractivity contribution in [2.45, 2.75) is 25.7 Å². The minimum atomic E-state index is -0.951. The Bertz CT molecular complexity index is 668. The zero-order chi connectivity index (χ0) is 17.1. The van der Waals surface area contributed by atoms with Crippen molar-refractivity contribution in [1.82, 2.24) is 0 Å². The Morgan fingerprint density at radius 2 is 1.43 bits per heavy atom. The van der Waals surface area contributed by atoms with E-state index in [9.17, 15) is 35.1 Å². The smallest absolute Gasteiger partial charge is 0.301 e. The molecule has 1 heterocycles. The van der Waals surface area contributed by atoms with Gasteiger partial charge in [-0.05, 0) is 12.8 Å². The maximum Gasteiger partial charge on any atom is 0.306 e. The first-order valence-corrected chi connectivity index (χ1v) is 6.74. The molecule has 0 spiro atoms. The van der Waals surface area contributed by atoms with Gasteiger partial charge in [-0.2, -0.15) is 0 Å². The largest absolute Gasteiger partial charge is 0.306 e. The molecule has 11 heteroatoms. The number of nitro groups is 3. The summed E-state index contributed by atoms with van der Waals surface area (Å²) in [7, 11) is 0. The molecular formula is C12H12N4O7. The Kier molecular flexibility index (Phi) is 4.48. The summed E-state index contributed by atoms with van der Waals surface area (Å²) in [6, 6.07) is 1.28. The van der Waals surface area contributed by atoms with Crippen molar-refractivity contribution in [2.75, 3.05) is 11.4 Å². The van der Waals surface area contributed by atoms with Crippen LogP contribution in [0.2, 0.25) is 0 Å². The number of nitro benzene ring substituents is 3. The van der Waals surface area contributed by atoms with Gasteiger partial charge in [0.2, 0.25) is 11.6 Å². The molecule has 1 saturated heterocycles. The average Bonchev–Trinajstić information content (AvgIpc) is 2.70. The van der Waals surface area contributed by atoms with Crippen molar-refractivity contribution >= 4 is 28.7 Å². The number of hydrogen-bond acceptors (Lipinski definition) is 7. The van der Waals surface area contributed by atoms with Crippen LogP contribution in [0.1, 0.15) is 25.7 Å². The fourth-order valence-corrected chi connectivity index (χ4v) is 2.47. The Labute approximate surface area is 128 Å². The molecule has 0 radical (unpaired) electrons. The molecule has 23 heavy (non-hydrogen) atoms. The van der Waals surface area contributed by atoms with Gasteiger partial charge in [-0.25, -0.2) is 0 Å². The molecule has 1 fully saturated rings. The molecule has 1 aromatic carbocycles. The minimum Gasteiger partial charge on any atom is -0.301 e. The third kappa shape index (κ3) is 3.22. The van der Waals surface area contributed by atoms with E-state index in [2.05, 4.69) is 0 Å². The van der Waals surface area contributed by atoms with E-state index in [1.54, 1.807) is 0 Å². The van der Waals surface area contributed by atoms with E-state index in [4.69, 9.17) is 0 Å². The summed E-state index contributed by atoms with van der Waals surface area (Å²) in [6.45, 7) is 0.0956. The van der Waals surface area contributed by atoms with E-state index in [1.165, 1.54) is 0 Å². The van der Waals surface area contributed by atoms with Crippen molar-refractivity contribution in [3.8, 4) is 0 Å². The van der Waals surface area contributed by atoms with Crippen LogP contribution in [-0.2, 0) is 4.79 Å². The first kappa shape index (κ1) is 16.3. The molecule has 0 unspecified atom stereocenters. The van der Waals surface area contributed by atoms with Crippen LogP contribution in [0.5, 0.6) is 0 Å². The van der Waals surface area contributed by atoms with Gasteiger partial charge in [-0.1, -0.05) is 6.42 Å². The summed E-state index contributed by atoms with van der Waals surface area (Å²) in [5.41, 5.74) is -2.89. The molecule has 1 aliphatic rings. The topological polar surface area (TPSA) is 150 Å². The van der Waals surface area contributed by atoms with Crippen LogP contribution in [0, 0.1) is 30.3 Å². The van der Waals surface area contributed by atoms with E-state index in [0.29, 0.717) is 25.0 Å². The van der Waals surface area contributed by atoms with Crippen molar-refractivity contribution < 1.29 is 19.6 Å². The van der Waals surface area contributed by atoms with Crippen LogP contribution in [-0.4, -0.2) is 27.2 Å². The Morgan fingerprint density at radius 3 is 1.91 bits per heavy atom. The molecular weight excluding hydrogens is 312 g/mol. The minimum absolute atomic E-state index is 0.0956. The van der Waals surface area contributed by atoms with Gasteiger partial charge < -0.3 is 4.90 Å². The third-order valence-electron chi connectivity index (χ3n) is 3.50. The number of hydrogen-bond donors (Lipinski definition) is 0. The lowest BCUT2D eigenvalue weighted by atomic mass is 10.1. The summed E-state index contributed by atoms with van der Waals surface area (Å²) in [5.74, 6) is -0.470. The van der Waals surface area contributed by atoms with Crippen molar-refractivity contribution in [2.24, 2.45) is 0 Å². The number of anilines is 1. The van der Waals surface area contributed by atoms with Crippen LogP contribution in [0.3, 0.4) is 0 Å². The number of benzene rings is 1. The monoisotopic (exact) mass is 324 g/mol. The number of rotatable bonds is 4. The third-order valence-corrected chi connectivity index (χ3v) is 3.50. The van der Waals surface area contributed by atoms with Crippen molar-refractivity contribution in [3.05, 3.63) is 42.5 Å². The summed E-state index contributed by atoms with van der Waals surface area (Å²) >= 11 is 0. The van der Waals surface area contributed by atoms with E-state index in [0.717, 1.165) is 11.3 Å². The number of carbonyl (C=O) groups is 1. The number of non-ortho nitro benzene ring substituents is 1. The number of amides is 1. The van der Waals surface area contributed by atoms with Crippen LogP contribution in [0.15, 0.2) is 12.1 Å². The Balaban J connectivity index is 2.72. The van der Waals surface area contributed by atoms with E-state index in [-0.39, 0.29) is 13.0 Å². The van der Waals surface area contributed by atoms with Crippen LogP contribution in [0.25, 0.3) is 0 Å². The summed E-state index contributed by atoms with van der Waals surface area (Å²) in [6.07, 6.45) is 1.96. The fraction of sp³-hybridized carbons (Fsp3) is 0.417. The zero-order valence-corrected chi connectivity index (χ0v) is 11.8. The van der Waals surface area contributed by atoms with Crippen LogP contribution < -0.4 is 4.90 Å². The lowest BCUT2D eigenvalue weighted by molar-refractivity contribution is -0.402. The van der Waals surface area contributed by atoms with Gasteiger partial charge in [0, 0.05) is 13.0 Å². The zero-order valence-electron chi connectivity index (χ0n) is 11.8. The fourth-order valence-electron chi connectivity index (χ4n) is 2.47.